The molecule has 0 fully saturated rings. The molecule has 0 spiro atoms. The van der Waals surface area contributed by atoms with Gasteiger partial charge in [-0.3, -0.25) is 4.79 Å². The Morgan fingerprint density at radius 1 is 1.03 bits per heavy atom. The molecule has 1 amide bonds. The predicted molar refractivity (Wildman–Crippen MR) is 131 cm³/mol. The fraction of sp³-hybridized carbons (Fsp3) is 0.308. The van der Waals surface area contributed by atoms with Gasteiger partial charge in [0.05, 0.1) is 26.5 Å². The van der Waals surface area contributed by atoms with Gasteiger partial charge in [-0.15, -0.1) is 0 Å². The predicted octanol–water partition coefficient (Wildman–Crippen LogP) is 3.82. The third-order valence-corrected chi connectivity index (χ3v) is 5.14. The van der Waals surface area contributed by atoms with Crippen LogP contribution in [0.25, 0.3) is 0 Å². The SMILES string of the molecule is CCNC(=NCc1cccc(C(=O)NCc2ccco2)c1)NCCc1ccc(C)c(OC)c1. The first-order valence-corrected chi connectivity index (χ1v) is 11.1. The molecule has 0 aliphatic rings. The summed E-state index contributed by atoms with van der Waals surface area (Å²) >= 11 is 0. The van der Waals surface area contributed by atoms with Crippen molar-refractivity contribution in [2.45, 2.75) is 33.4 Å². The number of hydrogen-bond acceptors (Lipinski definition) is 4. The molecule has 1 heterocycles. The second kappa shape index (κ2) is 12.3. The first kappa shape index (κ1) is 23.9. The zero-order chi connectivity index (χ0) is 23.5. The van der Waals surface area contributed by atoms with Crippen LogP contribution in [-0.4, -0.2) is 32.1 Å². The molecule has 174 valence electrons. The number of rotatable bonds is 10. The van der Waals surface area contributed by atoms with Gasteiger partial charge in [-0.25, -0.2) is 4.99 Å². The van der Waals surface area contributed by atoms with E-state index in [2.05, 4.69) is 39.1 Å². The van der Waals surface area contributed by atoms with Gasteiger partial charge < -0.3 is 25.1 Å². The number of amides is 1. The summed E-state index contributed by atoms with van der Waals surface area (Å²) in [6, 6.07) is 17.4. The van der Waals surface area contributed by atoms with Gasteiger partial charge in [-0.1, -0.05) is 24.3 Å². The van der Waals surface area contributed by atoms with E-state index in [1.165, 1.54) is 5.56 Å². The number of nitrogens with zero attached hydrogens (tertiary/aromatic N) is 1. The lowest BCUT2D eigenvalue weighted by atomic mass is 10.1. The highest BCUT2D eigenvalue weighted by Gasteiger charge is 2.07. The molecule has 7 heteroatoms. The number of nitrogens with one attached hydrogen (secondary N) is 3. The second-order valence-corrected chi connectivity index (χ2v) is 7.64. The summed E-state index contributed by atoms with van der Waals surface area (Å²) in [6.07, 6.45) is 2.44. The molecule has 3 rings (SSSR count). The van der Waals surface area contributed by atoms with E-state index in [-0.39, 0.29) is 5.91 Å². The van der Waals surface area contributed by atoms with Crippen molar-refractivity contribution in [2.75, 3.05) is 20.2 Å². The third kappa shape index (κ3) is 7.42. The average Bonchev–Trinajstić information content (AvgIpc) is 3.36. The number of aliphatic imine (C=N–C) groups is 1. The highest BCUT2D eigenvalue weighted by Crippen LogP contribution is 2.19. The Morgan fingerprint density at radius 3 is 2.67 bits per heavy atom. The highest BCUT2D eigenvalue weighted by molar-refractivity contribution is 5.94. The summed E-state index contributed by atoms with van der Waals surface area (Å²) in [5.74, 6) is 2.22. The number of hydrogen-bond donors (Lipinski definition) is 3. The van der Waals surface area contributed by atoms with Crippen LogP contribution in [0.5, 0.6) is 5.75 Å². The Kier molecular flexibility index (Phi) is 8.94. The van der Waals surface area contributed by atoms with Crippen LogP contribution in [0.15, 0.2) is 70.3 Å². The van der Waals surface area contributed by atoms with E-state index in [1.54, 1.807) is 25.5 Å². The number of guanidine groups is 1. The monoisotopic (exact) mass is 448 g/mol. The lowest BCUT2D eigenvalue weighted by molar-refractivity contribution is 0.0948. The van der Waals surface area contributed by atoms with Crippen LogP contribution in [0, 0.1) is 6.92 Å². The zero-order valence-electron chi connectivity index (χ0n) is 19.5. The minimum atomic E-state index is -0.143. The molecule has 0 atom stereocenters. The van der Waals surface area contributed by atoms with Crippen molar-refractivity contribution in [1.82, 2.24) is 16.0 Å². The molecular formula is C26H32N4O3. The molecule has 0 unspecified atom stereocenters. The van der Waals surface area contributed by atoms with Crippen molar-refractivity contribution in [2.24, 2.45) is 4.99 Å². The number of ether oxygens (including phenoxy) is 1. The molecule has 0 bridgehead atoms. The van der Waals surface area contributed by atoms with Crippen molar-refractivity contribution in [3.8, 4) is 5.75 Å². The minimum absolute atomic E-state index is 0.143. The van der Waals surface area contributed by atoms with Gasteiger partial charge in [-0.05, 0) is 67.3 Å². The van der Waals surface area contributed by atoms with Crippen molar-refractivity contribution in [3.63, 3.8) is 0 Å². The maximum absolute atomic E-state index is 12.5. The van der Waals surface area contributed by atoms with Crippen LogP contribution in [0.1, 0.15) is 39.7 Å². The number of benzene rings is 2. The van der Waals surface area contributed by atoms with Crippen molar-refractivity contribution in [3.05, 3.63) is 88.9 Å². The molecule has 0 saturated heterocycles. The number of furan rings is 1. The van der Waals surface area contributed by atoms with Crippen LogP contribution in [-0.2, 0) is 19.5 Å². The number of carbonyl (C=O) groups excluding carboxylic acids is 1. The van der Waals surface area contributed by atoms with E-state index in [0.29, 0.717) is 18.7 Å². The van der Waals surface area contributed by atoms with Crippen LogP contribution in [0.3, 0.4) is 0 Å². The summed E-state index contributed by atoms with van der Waals surface area (Å²) in [5, 5.41) is 9.51. The van der Waals surface area contributed by atoms with Gasteiger partial charge in [0, 0.05) is 18.7 Å². The fourth-order valence-electron chi connectivity index (χ4n) is 3.35. The highest BCUT2D eigenvalue weighted by atomic mass is 16.5. The maximum atomic E-state index is 12.5. The number of carbonyl (C=O) groups is 1. The lowest BCUT2D eigenvalue weighted by Crippen LogP contribution is -2.38. The van der Waals surface area contributed by atoms with Crippen LogP contribution < -0.4 is 20.7 Å². The van der Waals surface area contributed by atoms with Crippen LogP contribution in [0.2, 0.25) is 0 Å². The van der Waals surface area contributed by atoms with E-state index in [4.69, 9.17) is 9.15 Å². The molecule has 33 heavy (non-hydrogen) atoms. The summed E-state index contributed by atoms with van der Waals surface area (Å²) in [6.45, 7) is 6.40. The molecule has 3 N–H and O–H groups in total. The van der Waals surface area contributed by atoms with E-state index < -0.39 is 0 Å². The van der Waals surface area contributed by atoms with Gasteiger partial charge in [0.25, 0.3) is 5.91 Å². The van der Waals surface area contributed by atoms with E-state index in [1.807, 2.05) is 38.1 Å². The van der Waals surface area contributed by atoms with Gasteiger partial charge in [-0.2, -0.15) is 0 Å². The first-order valence-electron chi connectivity index (χ1n) is 11.1. The number of aryl methyl sites for hydroxylation is 1. The Balaban J connectivity index is 1.55. The quantitative estimate of drug-likeness (QED) is 0.324. The summed E-state index contributed by atoms with van der Waals surface area (Å²) in [4.78, 5) is 17.1. The molecule has 0 radical (unpaired) electrons. The summed E-state index contributed by atoms with van der Waals surface area (Å²) in [5.41, 5.74) is 3.89. The Morgan fingerprint density at radius 2 is 1.91 bits per heavy atom. The van der Waals surface area contributed by atoms with Gasteiger partial charge >= 0.3 is 0 Å². The van der Waals surface area contributed by atoms with E-state index in [9.17, 15) is 4.79 Å². The van der Waals surface area contributed by atoms with Crippen LogP contribution in [0.4, 0.5) is 0 Å². The number of methoxy groups -OCH3 is 1. The third-order valence-electron chi connectivity index (χ3n) is 5.14. The zero-order valence-corrected chi connectivity index (χ0v) is 19.5. The lowest BCUT2D eigenvalue weighted by Gasteiger charge is -2.12. The molecule has 3 aromatic rings. The van der Waals surface area contributed by atoms with Crippen LogP contribution >= 0.6 is 0 Å². The Labute approximate surface area is 195 Å². The summed E-state index contributed by atoms with van der Waals surface area (Å²) in [7, 11) is 1.69. The molecule has 0 saturated carbocycles. The standard InChI is InChI=1S/C26H32N4O3/c1-4-27-26(28-13-12-20-11-10-19(2)24(16-20)32-3)30-17-21-7-5-8-22(15-21)25(31)29-18-23-9-6-14-33-23/h5-11,14-16H,4,12-13,17-18H2,1-3H3,(H,29,31)(H2,27,28,30). The largest absolute Gasteiger partial charge is 0.496 e. The smallest absolute Gasteiger partial charge is 0.251 e. The van der Waals surface area contributed by atoms with E-state index >= 15 is 0 Å². The maximum Gasteiger partial charge on any atom is 0.251 e. The van der Waals surface area contributed by atoms with Gasteiger partial charge in [0.15, 0.2) is 5.96 Å². The molecule has 7 nitrogen and oxygen atoms in total. The Hall–Kier alpha value is -3.74. The molecule has 0 aliphatic heterocycles. The van der Waals surface area contributed by atoms with Crippen molar-refractivity contribution < 1.29 is 13.9 Å². The van der Waals surface area contributed by atoms with Gasteiger partial charge in [0.1, 0.15) is 11.5 Å². The first-order chi connectivity index (χ1) is 16.1. The molecule has 0 aliphatic carbocycles. The topological polar surface area (TPSA) is 87.9 Å². The molecule has 1 aromatic heterocycles. The van der Waals surface area contributed by atoms with E-state index in [0.717, 1.165) is 48.1 Å². The molecular weight excluding hydrogens is 416 g/mol. The molecule has 2 aromatic carbocycles. The minimum Gasteiger partial charge on any atom is -0.496 e. The van der Waals surface area contributed by atoms with Gasteiger partial charge in [0.2, 0.25) is 0 Å². The average molecular weight is 449 g/mol. The summed E-state index contributed by atoms with van der Waals surface area (Å²) < 4.78 is 10.7. The van der Waals surface area contributed by atoms with Crippen molar-refractivity contribution in [1.29, 1.82) is 0 Å². The fourth-order valence-corrected chi connectivity index (χ4v) is 3.35. The normalized spacial score (nSPS) is 11.2. The second-order valence-electron chi connectivity index (χ2n) is 7.64. The Bertz CT molecular complexity index is 1060. The van der Waals surface area contributed by atoms with Crippen molar-refractivity contribution >= 4 is 11.9 Å².